The molecule has 0 aromatic heterocycles. The number of carboxylic acid groups (broad SMARTS) is 1. The second-order valence-corrected chi connectivity index (χ2v) is 6.36. The maximum atomic E-state index is 10.8. The van der Waals surface area contributed by atoms with E-state index in [0.29, 0.717) is 6.04 Å². The molecule has 0 bridgehead atoms. The minimum absolute atomic E-state index is 0.0238. The molecule has 1 N–H and O–H groups in total. The molecule has 2 fully saturated rings. The first kappa shape index (κ1) is 15.7. The zero-order chi connectivity index (χ0) is 14.6. The maximum Gasteiger partial charge on any atom is 0.317 e. The fourth-order valence-electron chi connectivity index (χ4n) is 3.36. The first-order valence-electron chi connectivity index (χ1n) is 7.84. The minimum atomic E-state index is -0.719. The third-order valence-corrected chi connectivity index (χ3v) is 4.82. The van der Waals surface area contributed by atoms with Crippen LogP contribution in [0.3, 0.4) is 0 Å². The number of hydrogen-bond donors (Lipinski definition) is 1. The quantitative estimate of drug-likeness (QED) is 0.846. The Labute approximate surface area is 121 Å². The molecule has 2 aliphatic rings. The number of nitrogens with zero attached hydrogens (tertiary/aromatic N) is 2. The van der Waals surface area contributed by atoms with Gasteiger partial charge in [0.1, 0.15) is 0 Å². The number of ether oxygens (including phenoxy) is 1. The van der Waals surface area contributed by atoms with Crippen LogP contribution in [-0.4, -0.2) is 71.8 Å². The molecule has 2 rings (SSSR count). The van der Waals surface area contributed by atoms with Crippen LogP contribution in [0.1, 0.15) is 39.5 Å². The molecule has 2 unspecified atom stereocenters. The molecule has 5 heteroatoms. The SMILES string of the molecule is CCC1(C)CC(N2CCCN(CC(=O)O)CC2)CCO1. The lowest BCUT2D eigenvalue weighted by atomic mass is 9.89. The molecule has 0 amide bonds. The van der Waals surface area contributed by atoms with Gasteiger partial charge < -0.3 is 9.84 Å². The van der Waals surface area contributed by atoms with Crippen molar-refractivity contribution in [2.24, 2.45) is 0 Å². The Kier molecular flexibility index (Phi) is 5.41. The first-order valence-corrected chi connectivity index (χ1v) is 7.84. The lowest BCUT2D eigenvalue weighted by Gasteiger charge is -2.42. The summed E-state index contributed by atoms with van der Waals surface area (Å²) in [7, 11) is 0. The highest BCUT2D eigenvalue weighted by molar-refractivity contribution is 5.69. The average molecular weight is 284 g/mol. The normalized spacial score (nSPS) is 33.8. The maximum absolute atomic E-state index is 10.8. The fraction of sp³-hybridized carbons (Fsp3) is 0.933. The topological polar surface area (TPSA) is 53.0 Å². The van der Waals surface area contributed by atoms with Crippen LogP contribution in [0.5, 0.6) is 0 Å². The molecular formula is C15H28N2O3. The largest absolute Gasteiger partial charge is 0.480 e. The molecule has 2 heterocycles. The first-order chi connectivity index (χ1) is 9.52. The van der Waals surface area contributed by atoms with Crippen molar-refractivity contribution >= 4 is 5.97 Å². The summed E-state index contributed by atoms with van der Waals surface area (Å²) in [6.45, 7) is 9.27. The summed E-state index contributed by atoms with van der Waals surface area (Å²) in [5, 5.41) is 8.90. The monoisotopic (exact) mass is 284 g/mol. The van der Waals surface area contributed by atoms with Crippen LogP contribution in [0.15, 0.2) is 0 Å². The van der Waals surface area contributed by atoms with E-state index < -0.39 is 5.97 Å². The second kappa shape index (κ2) is 6.87. The van der Waals surface area contributed by atoms with Gasteiger partial charge >= 0.3 is 5.97 Å². The van der Waals surface area contributed by atoms with E-state index in [4.69, 9.17) is 9.84 Å². The lowest BCUT2D eigenvalue weighted by molar-refractivity contribution is -0.138. The van der Waals surface area contributed by atoms with Crippen molar-refractivity contribution in [2.45, 2.75) is 51.2 Å². The Morgan fingerprint density at radius 1 is 1.35 bits per heavy atom. The molecule has 0 aromatic carbocycles. The Morgan fingerprint density at radius 2 is 2.15 bits per heavy atom. The zero-order valence-corrected chi connectivity index (χ0v) is 12.8. The predicted octanol–water partition coefficient (Wildman–Crippen LogP) is 1.43. The Balaban J connectivity index is 1.88. The van der Waals surface area contributed by atoms with Gasteiger partial charge in [-0.3, -0.25) is 14.6 Å². The standard InChI is InChI=1S/C15H28N2O3/c1-3-15(2)11-13(5-10-20-15)17-7-4-6-16(8-9-17)12-14(18)19/h13H,3-12H2,1-2H3,(H,18,19). The van der Waals surface area contributed by atoms with Crippen LogP contribution >= 0.6 is 0 Å². The van der Waals surface area contributed by atoms with Crippen LogP contribution in [0, 0.1) is 0 Å². The lowest BCUT2D eigenvalue weighted by Crippen LogP contribution is -2.48. The Hall–Kier alpha value is -0.650. The van der Waals surface area contributed by atoms with Gasteiger partial charge in [0, 0.05) is 32.3 Å². The van der Waals surface area contributed by atoms with Crippen LogP contribution in [0.2, 0.25) is 0 Å². The summed E-state index contributed by atoms with van der Waals surface area (Å²) in [5.74, 6) is -0.719. The highest BCUT2D eigenvalue weighted by Gasteiger charge is 2.34. The van der Waals surface area contributed by atoms with Crippen molar-refractivity contribution in [3.05, 3.63) is 0 Å². The van der Waals surface area contributed by atoms with E-state index in [1.165, 1.54) is 0 Å². The summed E-state index contributed by atoms with van der Waals surface area (Å²) in [5.41, 5.74) is 0.0238. The Morgan fingerprint density at radius 3 is 2.85 bits per heavy atom. The third-order valence-electron chi connectivity index (χ3n) is 4.82. The molecule has 0 spiro atoms. The van der Waals surface area contributed by atoms with Crippen molar-refractivity contribution in [3.63, 3.8) is 0 Å². The van der Waals surface area contributed by atoms with Gasteiger partial charge in [0.15, 0.2) is 0 Å². The number of rotatable bonds is 4. The summed E-state index contributed by atoms with van der Waals surface area (Å²) in [6.07, 6.45) is 4.33. The molecule has 116 valence electrons. The third kappa shape index (κ3) is 4.17. The van der Waals surface area contributed by atoms with Gasteiger partial charge in [0.05, 0.1) is 12.1 Å². The van der Waals surface area contributed by atoms with Gasteiger partial charge in [-0.15, -0.1) is 0 Å². The zero-order valence-electron chi connectivity index (χ0n) is 12.8. The fourth-order valence-corrected chi connectivity index (χ4v) is 3.36. The smallest absolute Gasteiger partial charge is 0.317 e. The van der Waals surface area contributed by atoms with Crippen LogP contribution in [-0.2, 0) is 9.53 Å². The van der Waals surface area contributed by atoms with Gasteiger partial charge in [-0.05, 0) is 39.2 Å². The molecule has 20 heavy (non-hydrogen) atoms. The number of hydrogen-bond acceptors (Lipinski definition) is 4. The van der Waals surface area contributed by atoms with E-state index in [0.717, 1.165) is 58.5 Å². The van der Waals surface area contributed by atoms with Crippen LogP contribution in [0.25, 0.3) is 0 Å². The summed E-state index contributed by atoms with van der Waals surface area (Å²) in [6, 6.07) is 0.596. The van der Waals surface area contributed by atoms with Gasteiger partial charge in [-0.25, -0.2) is 0 Å². The molecule has 2 saturated heterocycles. The van der Waals surface area contributed by atoms with E-state index in [2.05, 4.69) is 23.6 Å². The second-order valence-electron chi connectivity index (χ2n) is 6.36. The van der Waals surface area contributed by atoms with Gasteiger partial charge in [-0.2, -0.15) is 0 Å². The van der Waals surface area contributed by atoms with E-state index >= 15 is 0 Å². The van der Waals surface area contributed by atoms with Gasteiger partial charge in [0.25, 0.3) is 0 Å². The van der Waals surface area contributed by atoms with Crippen LogP contribution < -0.4 is 0 Å². The summed E-state index contributed by atoms with van der Waals surface area (Å²) in [4.78, 5) is 15.4. The molecule has 0 saturated carbocycles. The van der Waals surface area contributed by atoms with Crippen molar-refractivity contribution in [3.8, 4) is 0 Å². The van der Waals surface area contributed by atoms with E-state index in [1.807, 2.05) is 0 Å². The molecule has 2 atom stereocenters. The predicted molar refractivity (Wildman–Crippen MR) is 77.9 cm³/mol. The average Bonchev–Trinajstić information content (AvgIpc) is 2.64. The molecule has 0 aliphatic carbocycles. The van der Waals surface area contributed by atoms with E-state index in [9.17, 15) is 4.79 Å². The van der Waals surface area contributed by atoms with Crippen molar-refractivity contribution < 1.29 is 14.6 Å². The van der Waals surface area contributed by atoms with Gasteiger partial charge in [-0.1, -0.05) is 6.92 Å². The highest BCUT2D eigenvalue weighted by atomic mass is 16.5. The molecule has 2 aliphatic heterocycles. The molecule has 0 aromatic rings. The van der Waals surface area contributed by atoms with Crippen molar-refractivity contribution in [1.82, 2.24) is 9.80 Å². The number of carbonyl (C=O) groups is 1. The number of aliphatic carboxylic acids is 1. The van der Waals surface area contributed by atoms with Crippen molar-refractivity contribution in [1.29, 1.82) is 0 Å². The summed E-state index contributed by atoms with van der Waals surface area (Å²) < 4.78 is 5.93. The van der Waals surface area contributed by atoms with E-state index in [1.54, 1.807) is 0 Å². The molecule has 5 nitrogen and oxygen atoms in total. The van der Waals surface area contributed by atoms with E-state index in [-0.39, 0.29) is 12.1 Å². The number of carboxylic acids is 1. The Bertz CT molecular complexity index is 337. The van der Waals surface area contributed by atoms with Crippen molar-refractivity contribution in [2.75, 3.05) is 39.3 Å². The molecular weight excluding hydrogens is 256 g/mol. The minimum Gasteiger partial charge on any atom is -0.480 e. The highest BCUT2D eigenvalue weighted by Crippen LogP contribution is 2.30. The molecule has 0 radical (unpaired) electrons. The van der Waals surface area contributed by atoms with Gasteiger partial charge in [0.2, 0.25) is 0 Å². The van der Waals surface area contributed by atoms with Crippen LogP contribution in [0.4, 0.5) is 0 Å². The summed E-state index contributed by atoms with van der Waals surface area (Å²) >= 11 is 0.